The number of nitrogens with one attached hydrogen (secondary N) is 1. The number of ether oxygens (including phenoxy) is 1. The average molecular weight is 300 g/mol. The van der Waals surface area contributed by atoms with Crippen LogP contribution in [-0.4, -0.2) is 33.8 Å². The van der Waals surface area contributed by atoms with Crippen LogP contribution >= 0.6 is 0 Å². The second kappa shape index (κ2) is 7.14. The molecule has 0 aromatic heterocycles. The summed E-state index contributed by atoms with van der Waals surface area (Å²) in [4.78, 5) is 11.3. The highest BCUT2D eigenvalue weighted by molar-refractivity contribution is 7.90. The third-order valence-corrected chi connectivity index (χ3v) is 3.80. The molecule has 1 rings (SSSR count). The molecule has 20 heavy (non-hydrogen) atoms. The van der Waals surface area contributed by atoms with Crippen LogP contribution in [0.15, 0.2) is 23.1 Å². The Balaban J connectivity index is 2.60. The zero-order valence-corrected chi connectivity index (χ0v) is 12.5. The van der Waals surface area contributed by atoms with Crippen LogP contribution in [0.25, 0.3) is 0 Å². The predicted molar refractivity (Wildman–Crippen MR) is 78.3 cm³/mol. The number of sulfone groups is 1. The number of para-hydroxylation sites is 1. The highest BCUT2D eigenvalue weighted by Crippen LogP contribution is 2.26. The molecule has 7 heteroatoms. The second-order valence-corrected chi connectivity index (χ2v) is 6.31. The zero-order chi connectivity index (χ0) is 15.2. The minimum Gasteiger partial charge on any atom is -0.466 e. The van der Waals surface area contributed by atoms with E-state index in [-0.39, 0.29) is 16.6 Å². The first-order chi connectivity index (χ1) is 9.36. The topological polar surface area (TPSA) is 98.5 Å². The van der Waals surface area contributed by atoms with Crippen molar-refractivity contribution in [3.63, 3.8) is 0 Å². The summed E-state index contributed by atoms with van der Waals surface area (Å²) >= 11 is 0. The van der Waals surface area contributed by atoms with Crippen LogP contribution in [0.2, 0.25) is 0 Å². The van der Waals surface area contributed by atoms with Gasteiger partial charge in [-0.15, -0.1) is 0 Å². The van der Waals surface area contributed by atoms with Crippen molar-refractivity contribution in [3.05, 3.63) is 18.2 Å². The second-order valence-electron chi connectivity index (χ2n) is 4.32. The third-order valence-electron chi connectivity index (χ3n) is 2.64. The number of benzene rings is 1. The molecular formula is C13H20N2O4S. The molecule has 0 aliphatic carbocycles. The number of hydrogen-bond donors (Lipinski definition) is 2. The summed E-state index contributed by atoms with van der Waals surface area (Å²) in [7, 11) is -3.35. The van der Waals surface area contributed by atoms with Crippen LogP contribution in [0.5, 0.6) is 0 Å². The van der Waals surface area contributed by atoms with Crippen molar-refractivity contribution >= 4 is 27.2 Å². The van der Waals surface area contributed by atoms with Gasteiger partial charge >= 0.3 is 5.97 Å². The maximum absolute atomic E-state index is 11.5. The van der Waals surface area contributed by atoms with Crippen molar-refractivity contribution in [2.24, 2.45) is 0 Å². The number of carbonyl (C=O) groups excluding carboxylic acids is 1. The van der Waals surface area contributed by atoms with E-state index in [4.69, 9.17) is 10.5 Å². The fraction of sp³-hybridized carbons (Fsp3) is 0.462. The van der Waals surface area contributed by atoms with E-state index in [2.05, 4.69) is 5.32 Å². The van der Waals surface area contributed by atoms with Crippen molar-refractivity contribution in [2.75, 3.05) is 30.5 Å². The molecule has 0 heterocycles. The van der Waals surface area contributed by atoms with Gasteiger partial charge in [0.05, 0.1) is 22.9 Å². The van der Waals surface area contributed by atoms with Crippen molar-refractivity contribution in [2.45, 2.75) is 24.7 Å². The molecular weight excluding hydrogens is 280 g/mol. The molecule has 0 aliphatic heterocycles. The lowest BCUT2D eigenvalue weighted by atomic mass is 10.2. The highest BCUT2D eigenvalue weighted by atomic mass is 32.2. The summed E-state index contributed by atoms with van der Waals surface area (Å²) < 4.78 is 27.9. The van der Waals surface area contributed by atoms with E-state index in [0.717, 1.165) is 6.26 Å². The van der Waals surface area contributed by atoms with Gasteiger partial charge in [-0.05, 0) is 25.5 Å². The molecule has 6 nitrogen and oxygen atoms in total. The van der Waals surface area contributed by atoms with E-state index >= 15 is 0 Å². The normalized spacial score (nSPS) is 11.1. The predicted octanol–water partition coefficient (Wildman–Crippen LogP) is 1.43. The van der Waals surface area contributed by atoms with Gasteiger partial charge in [0.2, 0.25) is 0 Å². The van der Waals surface area contributed by atoms with Gasteiger partial charge in [-0.25, -0.2) is 8.42 Å². The maximum atomic E-state index is 11.5. The molecule has 0 radical (unpaired) electrons. The first-order valence-corrected chi connectivity index (χ1v) is 8.23. The Morgan fingerprint density at radius 3 is 2.70 bits per heavy atom. The first kappa shape index (κ1) is 16.3. The summed E-state index contributed by atoms with van der Waals surface area (Å²) in [6.07, 6.45) is 2.01. The number of esters is 1. The van der Waals surface area contributed by atoms with Crippen molar-refractivity contribution in [1.29, 1.82) is 0 Å². The summed E-state index contributed by atoms with van der Waals surface area (Å²) in [6.45, 7) is 2.64. The monoisotopic (exact) mass is 300 g/mol. The summed E-state index contributed by atoms with van der Waals surface area (Å²) in [5, 5.41) is 3.03. The van der Waals surface area contributed by atoms with Gasteiger partial charge in [-0.3, -0.25) is 4.79 Å². The lowest BCUT2D eigenvalue weighted by Crippen LogP contribution is -2.10. The standard InChI is InChI=1S/C13H20N2O4S/c1-3-19-12(16)8-5-9-15-10-6-4-7-11(13(10)14)20(2,17)18/h4,6-7,15H,3,5,8-9,14H2,1-2H3. The van der Waals surface area contributed by atoms with Crippen molar-refractivity contribution in [1.82, 2.24) is 0 Å². The van der Waals surface area contributed by atoms with E-state index in [1.165, 1.54) is 6.07 Å². The number of hydrogen-bond acceptors (Lipinski definition) is 6. The highest BCUT2D eigenvalue weighted by Gasteiger charge is 2.13. The molecule has 0 fully saturated rings. The molecule has 112 valence electrons. The molecule has 0 aliphatic rings. The Labute approximate surface area is 119 Å². The number of rotatable bonds is 7. The molecule has 0 unspecified atom stereocenters. The van der Waals surface area contributed by atoms with Gasteiger partial charge in [-0.2, -0.15) is 0 Å². The van der Waals surface area contributed by atoms with Crippen LogP contribution in [-0.2, 0) is 19.4 Å². The lowest BCUT2D eigenvalue weighted by Gasteiger charge is -2.11. The Morgan fingerprint density at radius 2 is 2.10 bits per heavy atom. The van der Waals surface area contributed by atoms with Crippen LogP contribution in [0.3, 0.4) is 0 Å². The van der Waals surface area contributed by atoms with Gasteiger partial charge in [0.15, 0.2) is 9.84 Å². The SMILES string of the molecule is CCOC(=O)CCCNc1cccc(S(C)(=O)=O)c1N. The van der Waals surface area contributed by atoms with E-state index < -0.39 is 9.84 Å². The average Bonchev–Trinajstić information content (AvgIpc) is 2.35. The first-order valence-electron chi connectivity index (χ1n) is 6.34. The minimum atomic E-state index is -3.35. The molecule has 1 aromatic carbocycles. The molecule has 1 aromatic rings. The molecule has 0 amide bonds. The van der Waals surface area contributed by atoms with Gasteiger partial charge < -0.3 is 15.8 Å². The van der Waals surface area contributed by atoms with Gasteiger partial charge in [0.25, 0.3) is 0 Å². The van der Waals surface area contributed by atoms with E-state index in [9.17, 15) is 13.2 Å². The lowest BCUT2D eigenvalue weighted by molar-refractivity contribution is -0.143. The molecule has 0 saturated carbocycles. The number of anilines is 2. The Hall–Kier alpha value is -1.76. The minimum absolute atomic E-state index is 0.105. The maximum Gasteiger partial charge on any atom is 0.305 e. The number of nitrogens with two attached hydrogens (primary N) is 1. The van der Waals surface area contributed by atoms with Crippen LogP contribution in [0.4, 0.5) is 11.4 Å². The summed E-state index contributed by atoms with van der Waals surface area (Å²) in [5.41, 5.74) is 6.58. The number of nitrogen functional groups attached to an aromatic ring is 1. The van der Waals surface area contributed by atoms with Gasteiger partial charge in [-0.1, -0.05) is 6.07 Å². The van der Waals surface area contributed by atoms with E-state index in [1.807, 2.05) is 0 Å². The Bertz CT molecular complexity index is 570. The largest absolute Gasteiger partial charge is 0.466 e. The molecule has 0 saturated heterocycles. The van der Waals surface area contributed by atoms with E-state index in [1.54, 1.807) is 19.1 Å². The summed E-state index contributed by atoms with van der Waals surface area (Å²) in [5.74, 6) is -0.243. The van der Waals surface area contributed by atoms with E-state index in [0.29, 0.717) is 31.7 Å². The third kappa shape index (κ3) is 4.73. The Kier molecular flexibility index (Phi) is 5.82. The fourth-order valence-corrected chi connectivity index (χ4v) is 2.55. The fourth-order valence-electron chi connectivity index (χ4n) is 1.71. The zero-order valence-electron chi connectivity index (χ0n) is 11.7. The molecule has 0 spiro atoms. The van der Waals surface area contributed by atoms with Crippen LogP contribution in [0, 0.1) is 0 Å². The molecule has 0 atom stereocenters. The smallest absolute Gasteiger partial charge is 0.305 e. The van der Waals surface area contributed by atoms with Crippen molar-refractivity contribution < 1.29 is 17.9 Å². The van der Waals surface area contributed by atoms with Gasteiger partial charge in [0, 0.05) is 19.2 Å². The molecule has 3 N–H and O–H groups in total. The summed E-state index contributed by atoms with van der Waals surface area (Å²) in [6, 6.07) is 4.79. The molecule has 0 bridgehead atoms. The van der Waals surface area contributed by atoms with Gasteiger partial charge in [0.1, 0.15) is 0 Å². The number of carbonyl (C=O) groups is 1. The Morgan fingerprint density at radius 1 is 1.40 bits per heavy atom. The van der Waals surface area contributed by atoms with Crippen LogP contribution in [0.1, 0.15) is 19.8 Å². The quantitative estimate of drug-likeness (QED) is 0.449. The van der Waals surface area contributed by atoms with Crippen LogP contribution < -0.4 is 11.1 Å². The van der Waals surface area contributed by atoms with Crippen molar-refractivity contribution in [3.8, 4) is 0 Å².